The Bertz CT molecular complexity index is 1200. The fraction of sp³-hybridized carbons (Fsp3) is 0.381. The summed E-state index contributed by atoms with van der Waals surface area (Å²) in [5.74, 6) is -0.810. The van der Waals surface area contributed by atoms with Gasteiger partial charge in [-0.15, -0.1) is 0 Å². The number of halogens is 4. The minimum atomic E-state index is -4.69. The highest BCUT2D eigenvalue weighted by Crippen LogP contribution is 2.37. The van der Waals surface area contributed by atoms with Gasteiger partial charge in [0.05, 0.1) is 5.56 Å². The number of rotatable bonds is 3. The number of carbonyl (C=O) groups excluding carboxylic acids is 2. The van der Waals surface area contributed by atoms with Crippen LogP contribution in [0.3, 0.4) is 0 Å². The van der Waals surface area contributed by atoms with Gasteiger partial charge in [-0.1, -0.05) is 11.6 Å². The van der Waals surface area contributed by atoms with Gasteiger partial charge in [-0.05, 0) is 53.3 Å². The number of piperazine rings is 1. The summed E-state index contributed by atoms with van der Waals surface area (Å²) in [6.07, 6.45) is -0.233. The Hall–Kier alpha value is -2.59. The van der Waals surface area contributed by atoms with Crippen LogP contribution in [0.1, 0.15) is 35.3 Å². The molecule has 0 aromatic carbocycles. The number of thiophene rings is 1. The first kappa shape index (κ1) is 21.3. The molecular formula is C21H18ClF3N4O2S. The van der Waals surface area contributed by atoms with Crippen LogP contribution in [0.4, 0.5) is 13.2 Å². The quantitative estimate of drug-likeness (QED) is 0.549. The Morgan fingerprint density at radius 3 is 2.59 bits per heavy atom. The predicted molar refractivity (Wildman–Crippen MR) is 114 cm³/mol. The normalized spacial score (nSPS) is 17.8. The molecule has 0 bridgehead atoms. The molecular weight excluding hydrogens is 465 g/mol. The van der Waals surface area contributed by atoms with Crippen LogP contribution in [-0.2, 0) is 11.0 Å². The minimum absolute atomic E-state index is 0.133. The van der Waals surface area contributed by atoms with Crippen molar-refractivity contribution in [1.82, 2.24) is 19.2 Å². The molecule has 1 aliphatic carbocycles. The Morgan fingerprint density at radius 1 is 1.22 bits per heavy atom. The van der Waals surface area contributed by atoms with E-state index < -0.39 is 23.3 Å². The van der Waals surface area contributed by atoms with Gasteiger partial charge in [-0.2, -0.15) is 24.5 Å². The monoisotopic (exact) mass is 482 g/mol. The topological polar surface area (TPSA) is 57.9 Å². The lowest BCUT2D eigenvalue weighted by molar-refractivity contribution is -0.139. The first-order valence-electron chi connectivity index (χ1n) is 10.1. The Labute approximate surface area is 190 Å². The van der Waals surface area contributed by atoms with E-state index in [2.05, 4.69) is 4.98 Å². The fourth-order valence-electron chi connectivity index (χ4n) is 4.14. The molecule has 168 valence electrons. The van der Waals surface area contributed by atoms with Crippen molar-refractivity contribution in [2.75, 3.05) is 19.6 Å². The highest BCUT2D eigenvalue weighted by Gasteiger charge is 2.38. The van der Waals surface area contributed by atoms with Crippen LogP contribution in [-0.4, -0.2) is 56.7 Å². The van der Waals surface area contributed by atoms with Gasteiger partial charge in [0.2, 0.25) is 5.91 Å². The molecule has 3 aromatic heterocycles. The summed E-state index contributed by atoms with van der Waals surface area (Å²) in [5, 5.41) is 3.28. The fourth-order valence-corrected chi connectivity index (χ4v) is 5.06. The van der Waals surface area contributed by atoms with Crippen LogP contribution in [0.2, 0.25) is 5.15 Å². The van der Waals surface area contributed by atoms with E-state index in [1.165, 1.54) is 22.4 Å². The third kappa shape index (κ3) is 3.55. The Kier molecular flexibility index (Phi) is 5.16. The number of carbonyl (C=O) groups is 2. The van der Waals surface area contributed by atoms with Crippen molar-refractivity contribution in [2.24, 2.45) is 0 Å². The van der Waals surface area contributed by atoms with E-state index in [1.807, 2.05) is 0 Å². The zero-order valence-electron chi connectivity index (χ0n) is 16.7. The lowest BCUT2D eigenvalue weighted by Crippen LogP contribution is -2.56. The van der Waals surface area contributed by atoms with Crippen molar-refractivity contribution in [2.45, 2.75) is 31.5 Å². The molecule has 6 nitrogen and oxygen atoms in total. The van der Waals surface area contributed by atoms with Gasteiger partial charge >= 0.3 is 6.18 Å². The molecule has 1 saturated heterocycles. The second kappa shape index (κ2) is 7.77. The van der Waals surface area contributed by atoms with Crippen LogP contribution in [0.25, 0.3) is 16.8 Å². The zero-order valence-corrected chi connectivity index (χ0v) is 18.3. The van der Waals surface area contributed by atoms with Crippen molar-refractivity contribution in [3.8, 4) is 11.1 Å². The molecule has 32 heavy (non-hydrogen) atoms. The van der Waals surface area contributed by atoms with Crippen molar-refractivity contribution in [3.63, 3.8) is 0 Å². The minimum Gasteiger partial charge on any atom is -0.336 e. The summed E-state index contributed by atoms with van der Waals surface area (Å²) >= 11 is 7.73. The van der Waals surface area contributed by atoms with Crippen molar-refractivity contribution in [3.05, 3.63) is 45.5 Å². The number of aromatic nitrogens is 2. The number of fused-ring (bicyclic) bond motifs is 1. The van der Waals surface area contributed by atoms with E-state index in [0.29, 0.717) is 17.7 Å². The number of hydrogen-bond acceptors (Lipinski definition) is 4. The summed E-state index contributed by atoms with van der Waals surface area (Å²) in [4.78, 5) is 32.7. The van der Waals surface area contributed by atoms with Crippen LogP contribution >= 0.6 is 22.9 Å². The summed E-state index contributed by atoms with van der Waals surface area (Å²) < 4.78 is 42.5. The molecule has 1 saturated carbocycles. The highest BCUT2D eigenvalue weighted by molar-refractivity contribution is 7.08. The predicted octanol–water partition coefficient (Wildman–Crippen LogP) is 4.57. The highest BCUT2D eigenvalue weighted by atomic mass is 35.5. The van der Waals surface area contributed by atoms with Crippen molar-refractivity contribution < 1.29 is 22.8 Å². The molecule has 2 amide bonds. The lowest BCUT2D eigenvalue weighted by atomic mass is 9.91. The molecule has 2 fully saturated rings. The van der Waals surface area contributed by atoms with Gasteiger partial charge in [-0.3, -0.25) is 14.0 Å². The maximum Gasteiger partial charge on any atom is 0.420 e. The Morgan fingerprint density at radius 2 is 2.00 bits per heavy atom. The van der Waals surface area contributed by atoms with E-state index in [0.717, 1.165) is 29.7 Å². The van der Waals surface area contributed by atoms with Crippen LogP contribution in [0, 0.1) is 0 Å². The summed E-state index contributed by atoms with van der Waals surface area (Å²) in [6, 6.07) is 2.94. The molecule has 2 aliphatic rings. The standard InChI is InChI=1S/C21H18ClF3N4O2S/c22-18-17(20(31)27-5-6-28(16(30)10-27)14-2-1-3-14)26-19-15(21(23,24)25)8-13(9-29(18)19)12-4-7-32-11-12/h4,7-9,11,14H,1-3,5-6,10H2. The van der Waals surface area contributed by atoms with Gasteiger partial charge in [-0.25, -0.2) is 4.98 Å². The lowest BCUT2D eigenvalue weighted by Gasteiger charge is -2.42. The number of nitrogens with zero attached hydrogens (tertiary/aromatic N) is 4. The molecule has 1 aliphatic heterocycles. The second-order valence-corrected chi connectivity index (χ2v) is 9.13. The second-order valence-electron chi connectivity index (χ2n) is 8.00. The summed E-state index contributed by atoms with van der Waals surface area (Å²) in [5.41, 5.74) is -0.784. The van der Waals surface area contributed by atoms with Crippen LogP contribution < -0.4 is 0 Å². The zero-order chi connectivity index (χ0) is 22.6. The average molecular weight is 483 g/mol. The van der Waals surface area contributed by atoms with Crippen molar-refractivity contribution >= 4 is 40.4 Å². The SMILES string of the molecule is O=C(c1nc2c(C(F)(F)F)cc(-c3ccsc3)cn2c1Cl)N1CCN(C2CCC2)C(=O)C1. The van der Waals surface area contributed by atoms with Crippen LogP contribution in [0.5, 0.6) is 0 Å². The molecule has 0 N–H and O–H groups in total. The van der Waals surface area contributed by atoms with E-state index in [9.17, 15) is 22.8 Å². The van der Waals surface area contributed by atoms with Crippen molar-refractivity contribution in [1.29, 1.82) is 0 Å². The maximum atomic E-state index is 13.8. The Balaban J connectivity index is 1.51. The number of pyridine rings is 1. The summed E-state index contributed by atoms with van der Waals surface area (Å²) in [7, 11) is 0. The van der Waals surface area contributed by atoms with Gasteiger partial charge in [0.15, 0.2) is 11.3 Å². The molecule has 3 aromatic rings. The smallest absolute Gasteiger partial charge is 0.336 e. The maximum absolute atomic E-state index is 13.8. The first-order chi connectivity index (χ1) is 15.2. The van der Waals surface area contributed by atoms with E-state index in [-0.39, 0.29) is 35.9 Å². The van der Waals surface area contributed by atoms with Gasteiger partial charge in [0.25, 0.3) is 5.91 Å². The molecule has 0 atom stereocenters. The van der Waals surface area contributed by atoms with E-state index >= 15 is 0 Å². The number of hydrogen-bond donors (Lipinski definition) is 0. The average Bonchev–Trinajstić information content (AvgIpc) is 3.35. The third-order valence-electron chi connectivity index (χ3n) is 6.08. The largest absolute Gasteiger partial charge is 0.420 e. The van der Waals surface area contributed by atoms with Gasteiger partial charge in [0.1, 0.15) is 11.7 Å². The third-order valence-corrected chi connectivity index (χ3v) is 7.13. The molecule has 11 heteroatoms. The molecule has 0 spiro atoms. The van der Waals surface area contributed by atoms with Crippen LogP contribution in [0.15, 0.2) is 29.1 Å². The molecule has 0 radical (unpaired) electrons. The number of imidazole rings is 1. The van der Waals surface area contributed by atoms with E-state index in [4.69, 9.17) is 11.6 Å². The molecule has 5 rings (SSSR count). The summed E-state index contributed by atoms with van der Waals surface area (Å²) in [6.45, 7) is 0.555. The number of alkyl halides is 3. The van der Waals surface area contributed by atoms with E-state index in [1.54, 1.807) is 21.7 Å². The number of amides is 2. The first-order valence-corrected chi connectivity index (χ1v) is 11.5. The molecule has 0 unspecified atom stereocenters. The molecule has 4 heterocycles. The van der Waals surface area contributed by atoms with Gasteiger partial charge < -0.3 is 9.80 Å². The van der Waals surface area contributed by atoms with Gasteiger partial charge in [0, 0.05) is 25.3 Å².